The van der Waals surface area contributed by atoms with E-state index < -0.39 is 0 Å². The molecule has 0 bridgehead atoms. The van der Waals surface area contributed by atoms with Gasteiger partial charge in [0.1, 0.15) is 16.4 Å². The van der Waals surface area contributed by atoms with Crippen LogP contribution in [-0.4, -0.2) is 35.2 Å². The monoisotopic (exact) mass is 411 g/mol. The van der Waals surface area contributed by atoms with E-state index in [1.807, 2.05) is 49.0 Å². The van der Waals surface area contributed by atoms with Crippen LogP contribution in [0, 0.1) is 5.92 Å². The number of ether oxygens (including phenoxy) is 1. The summed E-state index contributed by atoms with van der Waals surface area (Å²) >= 11 is 1.73. The number of aryl methyl sites for hydroxylation is 1. The third-order valence-electron chi connectivity index (χ3n) is 5.49. The van der Waals surface area contributed by atoms with Gasteiger partial charge in [-0.3, -0.25) is 9.36 Å². The zero-order valence-corrected chi connectivity index (χ0v) is 18.3. The number of thiophene rings is 1. The Labute approximate surface area is 176 Å². The van der Waals surface area contributed by atoms with Crippen LogP contribution >= 0.6 is 11.3 Å². The molecule has 29 heavy (non-hydrogen) atoms. The van der Waals surface area contributed by atoms with Crippen LogP contribution in [0.15, 0.2) is 35.1 Å². The quantitative estimate of drug-likeness (QED) is 0.549. The Morgan fingerprint density at radius 3 is 2.83 bits per heavy atom. The molecule has 1 aliphatic carbocycles. The van der Waals surface area contributed by atoms with Crippen molar-refractivity contribution in [1.29, 1.82) is 0 Å². The highest BCUT2D eigenvalue weighted by atomic mass is 32.1. The van der Waals surface area contributed by atoms with Crippen molar-refractivity contribution in [3.05, 3.63) is 57.0 Å². The summed E-state index contributed by atoms with van der Waals surface area (Å²) in [4.78, 5) is 22.8. The molecule has 154 valence electrons. The van der Waals surface area contributed by atoms with Crippen molar-refractivity contribution < 1.29 is 4.74 Å². The van der Waals surface area contributed by atoms with Crippen LogP contribution in [0.5, 0.6) is 5.75 Å². The lowest BCUT2D eigenvalue weighted by Gasteiger charge is -2.18. The van der Waals surface area contributed by atoms with Crippen molar-refractivity contribution in [1.82, 2.24) is 14.5 Å². The zero-order valence-electron chi connectivity index (χ0n) is 17.5. The Hall–Kier alpha value is -2.18. The molecule has 1 atom stereocenters. The molecule has 1 aliphatic rings. The van der Waals surface area contributed by atoms with Gasteiger partial charge in [-0.2, -0.15) is 0 Å². The number of para-hydroxylation sites is 1. The maximum Gasteiger partial charge on any atom is 0.262 e. The Morgan fingerprint density at radius 2 is 2.07 bits per heavy atom. The van der Waals surface area contributed by atoms with Crippen molar-refractivity contribution in [2.24, 2.45) is 5.92 Å². The number of aromatic nitrogens is 2. The van der Waals surface area contributed by atoms with Gasteiger partial charge in [0, 0.05) is 11.4 Å². The highest BCUT2D eigenvalue weighted by Gasteiger charge is 2.24. The third-order valence-corrected chi connectivity index (χ3v) is 6.64. The topological polar surface area (TPSA) is 47.4 Å². The normalized spacial score (nSPS) is 16.3. The van der Waals surface area contributed by atoms with Crippen molar-refractivity contribution in [2.45, 2.75) is 45.7 Å². The minimum atomic E-state index is 0.124. The van der Waals surface area contributed by atoms with Crippen LogP contribution in [0.4, 0.5) is 0 Å². The predicted molar refractivity (Wildman–Crippen MR) is 119 cm³/mol. The lowest BCUT2D eigenvalue weighted by atomic mass is 9.89. The molecule has 0 N–H and O–H groups in total. The van der Waals surface area contributed by atoms with Gasteiger partial charge in [0.25, 0.3) is 5.56 Å². The van der Waals surface area contributed by atoms with Crippen LogP contribution < -0.4 is 10.3 Å². The number of benzene rings is 1. The smallest absolute Gasteiger partial charge is 0.262 e. The number of hydrogen-bond acceptors (Lipinski definition) is 5. The van der Waals surface area contributed by atoms with Gasteiger partial charge >= 0.3 is 0 Å². The average molecular weight is 412 g/mol. The molecule has 3 aromatic rings. The highest BCUT2D eigenvalue weighted by Crippen LogP contribution is 2.35. The van der Waals surface area contributed by atoms with Crippen LogP contribution in [0.1, 0.15) is 36.0 Å². The van der Waals surface area contributed by atoms with Gasteiger partial charge in [0.05, 0.1) is 18.5 Å². The summed E-state index contributed by atoms with van der Waals surface area (Å²) < 4.78 is 7.70. The SMILES string of the molecule is CC1CCc2c(sc3nc(CN(C)C)n(CCCOc4ccccc4)c(=O)c23)C1. The Balaban J connectivity index is 1.61. The van der Waals surface area contributed by atoms with Crippen molar-refractivity contribution in [3.8, 4) is 5.75 Å². The first-order valence-electron chi connectivity index (χ1n) is 10.4. The summed E-state index contributed by atoms with van der Waals surface area (Å²) in [5, 5.41) is 0.864. The molecule has 6 heteroatoms. The fraction of sp³-hybridized carbons (Fsp3) is 0.478. The zero-order chi connectivity index (χ0) is 20.4. The molecule has 1 unspecified atom stereocenters. The molecule has 0 fully saturated rings. The first kappa shape index (κ1) is 20.1. The molecule has 0 amide bonds. The second-order valence-electron chi connectivity index (χ2n) is 8.27. The van der Waals surface area contributed by atoms with E-state index in [1.54, 1.807) is 11.3 Å². The molecule has 0 saturated heterocycles. The average Bonchev–Trinajstić information content (AvgIpc) is 3.04. The summed E-state index contributed by atoms with van der Waals surface area (Å²) in [6, 6.07) is 9.82. The maximum atomic E-state index is 13.5. The van der Waals surface area contributed by atoms with Gasteiger partial charge in [0.2, 0.25) is 0 Å². The van der Waals surface area contributed by atoms with Crippen LogP contribution in [0.3, 0.4) is 0 Å². The van der Waals surface area contributed by atoms with E-state index in [4.69, 9.17) is 9.72 Å². The maximum absolute atomic E-state index is 13.5. The molecule has 4 rings (SSSR count). The summed E-state index contributed by atoms with van der Waals surface area (Å²) in [6.45, 7) is 4.15. The number of rotatable bonds is 7. The van der Waals surface area contributed by atoms with E-state index in [2.05, 4.69) is 11.8 Å². The fourth-order valence-corrected chi connectivity index (χ4v) is 5.42. The van der Waals surface area contributed by atoms with Crippen LogP contribution in [0.2, 0.25) is 0 Å². The van der Waals surface area contributed by atoms with Gasteiger partial charge < -0.3 is 9.64 Å². The van der Waals surface area contributed by atoms with Crippen LogP contribution in [-0.2, 0) is 25.9 Å². The molecule has 0 aliphatic heterocycles. The first-order chi connectivity index (χ1) is 14.0. The van der Waals surface area contributed by atoms with E-state index in [0.29, 0.717) is 25.6 Å². The molecule has 0 radical (unpaired) electrons. The molecule has 0 spiro atoms. The number of hydrogen-bond donors (Lipinski definition) is 0. The van der Waals surface area contributed by atoms with Crippen molar-refractivity contribution >= 4 is 21.6 Å². The minimum absolute atomic E-state index is 0.124. The molecule has 2 heterocycles. The minimum Gasteiger partial charge on any atom is -0.494 e. The molecule has 1 aromatic carbocycles. The first-order valence-corrected chi connectivity index (χ1v) is 11.2. The standard InChI is InChI=1S/C23H29N3O2S/c1-16-10-11-18-19(14-16)29-22-21(18)23(27)26(20(24-22)15-25(2)3)12-7-13-28-17-8-5-4-6-9-17/h4-6,8-9,16H,7,10-15H2,1-3H3. The van der Waals surface area contributed by atoms with Gasteiger partial charge in [-0.1, -0.05) is 25.1 Å². The molecular formula is C23H29N3O2S. The highest BCUT2D eigenvalue weighted by molar-refractivity contribution is 7.18. The van der Waals surface area contributed by atoms with E-state index in [-0.39, 0.29) is 5.56 Å². The van der Waals surface area contributed by atoms with Gasteiger partial charge in [0.15, 0.2) is 0 Å². The lowest BCUT2D eigenvalue weighted by molar-refractivity contribution is 0.297. The second-order valence-corrected chi connectivity index (χ2v) is 9.35. The van der Waals surface area contributed by atoms with Crippen LogP contribution in [0.25, 0.3) is 10.2 Å². The summed E-state index contributed by atoms with van der Waals surface area (Å²) in [5.74, 6) is 2.40. The van der Waals surface area contributed by atoms with Crippen molar-refractivity contribution in [2.75, 3.05) is 20.7 Å². The molecule has 5 nitrogen and oxygen atoms in total. The summed E-state index contributed by atoms with van der Waals surface area (Å²) in [7, 11) is 4.03. The summed E-state index contributed by atoms with van der Waals surface area (Å²) in [5.41, 5.74) is 1.38. The molecule has 0 saturated carbocycles. The Bertz CT molecular complexity index is 1040. The number of nitrogens with zero attached hydrogens (tertiary/aromatic N) is 3. The largest absolute Gasteiger partial charge is 0.494 e. The lowest BCUT2D eigenvalue weighted by Crippen LogP contribution is -2.29. The van der Waals surface area contributed by atoms with E-state index in [0.717, 1.165) is 47.5 Å². The fourth-order valence-electron chi connectivity index (χ4n) is 4.03. The predicted octanol–water partition coefficient (Wildman–Crippen LogP) is 4.11. The third kappa shape index (κ3) is 4.38. The van der Waals surface area contributed by atoms with Gasteiger partial charge in [-0.15, -0.1) is 11.3 Å². The van der Waals surface area contributed by atoms with E-state index in [9.17, 15) is 4.79 Å². The van der Waals surface area contributed by atoms with E-state index >= 15 is 0 Å². The number of fused-ring (bicyclic) bond motifs is 3. The Kier molecular flexibility index (Phi) is 6.01. The second kappa shape index (κ2) is 8.67. The molecule has 2 aromatic heterocycles. The molecular weight excluding hydrogens is 382 g/mol. The van der Waals surface area contributed by atoms with Crippen molar-refractivity contribution in [3.63, 3.8) is 0 Å². The Morgan fingerprint density at radius 1 is 1.28 bits per heavy atom. The van der Waals surface area contributed by atoms with Gasteiger partial charge in [-0.05, 0) is 63.4 Å². The van der Waals surface area contributed by atoms with Gasteiger partial charge in [-0.25, -0.2) is 4.98 Å². The summed E-state index contributed by atoms with van der Waals surface area (Å²) in [6.07, 6.45) is 4.00. The van der Waals surface area contributed by atoms with E-state index in [1.165, 1.54) is 10.4 Å².